The number of nitrogens with zero attached hydrogens (tertiary/aromatic N) is 2. The number of amides is 2. The fraction of sp³-hybridized carbons (Fsp3) is 0.0556. The van der Waals surface area contributed by atoms with Crippen molar-refractivity contribution < 1.29 is 14.0 Å². The van der Waals surface area contributed by atoms with Gasteiger partial charge in [0.2, 0.25) is 0 Å². The van der Waals surface area contributed by atoms with Crippen LogP contribution in [-0.2, 0) is 6.54 Å². The summed E-state index contributed by atoms with van der Waals surface area (Å²) in [4.78, 5) is 30.3. The zero-order valence-electron chi connectivity index (χ0n) is 12.4. The summed E-state index contributed by atoms with van der Waals surface area (Å²) in [6.07, 6.45) is 0. The molecule has 0 N–H and O–H groups in total. The highest BCUT2D eigenvalue weighted by Gasteiger charge is 2.35. The number of imide groups is 1. The normalized spacial score (nSPS) is 13.5. The Morgan fingerprint density at radius 2 is 1.50 bits per heavy atom. The van der Waals surface area contributed by atoms with E-state index < -0.39 is 0 Å². The van der Waals surface area contributed by atoms with Gasteiger partial charge in [0.15, 0.2) is 0 Å². The number of rotatable bonds is 3. The van der Waals surface area contributed by atoms with E-state index in [2.05, 4.69) is 4.98 Å². The Labute approximate surface area is 141 Å². The van der Waals surface area contributed by atoms with Crippen molar-refractivity contribution in [2.45, 2.75) is 6.54 Å². The molecule has 0 aliphatic carbocycles. The molecule has 2 heterocycles. The second-order valence-corrected chi connectivity index (χ2v) is 6.29. The predicted octanol–water partition coefficient (Wildman–Crippen LogP) is 3.75. The molecule has 1 aromatic heterocycles. The van der Waals surface area contributed by atoms with E-state index in [0.29, 0.717) is 27.4 Å². The summed E-state index contributed by atoms with van der Waals surface area (Å²) in [6.45, 7) is 0.0888. The number of aromatic nitrogens is 1. The molecule has 4 nitrogen and oxygen atoms in total. The highest BCUT2D eigenvalue weighted by Crippen LogP contribution is 2.28. The van der Waals surface area contributed by atoms with Crippen molar-refractivity contribution in [3.05, 3.63) is 75.9 Å². The molecule has 1 aliphatic heterocycles. The van der Waals surface area contributed by atoms with Crippen LogP contribution in [0.5, 0.6) is 0 Å². The Kier molecular flexibility index (Phi) is 3.46. The average Bonchev–Trinajstić information content (AvgIpc) is 3.15. The van der Waals surface area contributed by atoms with Gasteiger partial charge in [0.1, 0.15) is 10.8 Å². The lowest BCUT2D eigenvalue weighted by molar-refractivity contribution is 0.0642. The minimum absolute atomic E-state index is 0.0888. The number of carbonyl (C=O) groups excluding carboxylic acids is 2. The van der Waals surface area contributed by atoms with E-state index in [9.17, 15) is 14.0 Å². The van der Waals surface area contributed by atoms with E-state index in [-0.39, 0.29) is 24.2 Å². The maximum Gasteiger partial charge on any atom is 0.261 e. The number of carbonyl (C=O) groups is 2. The van der Waals surface area contributed by atoms with E-state index in [1.807, 2.05) is 0 Å². The van der Waals surface area contributed by atoms with E-state index in [0.717, 1.165) is 0 Å². The van der Waals surface area contributed by atoms with E-state index in [1.165, 1.54) is 22.3 Å². The van der Waals surface area contributed by atoms with Gasteiger partial charge in [0, 0.05) is 10.9 Å². The van der Waals surface area contributed by atoms with Crippen LogP contribution in [0.2, 0.25) is 0 Å². The lowest BCUT2D eigenvalue weighted by Gasteiger charge is -2.11. The molecule has 6 heteroatoms. The van der Waals surface area contributed by atoms with Gasteiger partial charge in [-0.05, 0) is 24.3 Å². The van der Waals surface area contributed by atoms with Gasteiger partial charge in [-0.2, -0.15) is 0 Å². The molecule has 0 spiro atoms. The Morgan fingerprint density at radius 3 is 2.12 bits per heavy atom. The molecule has 0 unspecified atom stereocenters. The summed E-state index contributed by atoms with van der Waals surface area (Å²) < 4.78 is 13.8. The molecule has 118 valence electrons. The SMILES string of the molecule is O=C1c2ccccc2C(=O)N1Cc1nc(-c2ccccc2F)cs1. The molecular formula is C18H11FN2O2S. The van der Waals surface area contributed by atoms with Crippen LogP contribution in [0.4, 0.5) is 4.39 Å². The molecule has 0 saturated heterocycles. The first-order valence-electron chi connectivity index (χ1n) is 7.29. The van der Waals surface area contributed by atoms with Gasteiger partial charge in [0.25, 0.3) is 11.8 Å². The molecule has 2 aromatic carbocycles. The summed E-state index contributed by atoms with van der Waals surface area (Å²) in [5.74, 6) is -0.994. The van der Waals surface area contributed by atoms with Crippen molar-refractivity contribution in [3.63, 3.8) is 0 Å². The quantitative estimate of drug-likeness (QED) is 0.684. The fourth-order valence-electron chi connectivity index (χ4n) is 2.69. The predicted molar refractivity (Wildman–Crippen MR) is 88.2 cm³/mol. The Morgan fingerprint density at radius 1 is 0.917 bits per heavy atom. The summed E-state index contributed by atoms with van der Waals surface area (Å²) in [5, 5.41) is 2.31. The van der Waals surface area contributed by atoms with Crippen molar-refractivity contribution in [2.24, 2.45) is 0 Å². The van der Waals surface area contributed by atoms with Crippen LogP contribution in [0, 0.1) is 5.82 Å². The third-order valence-electron chi connectivity index (χ3n) is 3.87. The van der Waals surface area contributed by atoms with Gasteiger partial charge in [-0.25, -0.2) is 9.37 Å². The van der Waals surface area contributed by atoms with E-state index >= 15 is 0 Å². The molecule has 24 heavy (non-hydrogen) atoms. The zero-order valence-corrected chi connectivity index (χ0v) is 13.2. The number of fused-ring (bicyclic) bond motifs is 1. The van der Waals surface area contributed by atoms with Crippen LogP contribution in [0.25, 0.3) is 11.3 Å². The number of hydrogen-bond acceptors (Lipinski definition) is 4. The van der Waals surface area contributed by atoms with Crippen LogP contribution in [0.1, 0.15) is 25.7 Å². The second-order valence-electron chi connectivity index (χ2n) is 5.35. The third kappa shape index (κ3) is 2.32. The molecule has 0 fully saturated rings. The van der Waals surface area contributed by atoms with Gasteiger partial charge in [0.05, 0.1) is 23.4 Å². The van der Waals surface area contributed by atoms with Crippen molar-refractivity contribution in [1.82, 2.24) is 9.88 Å². The molecule has 2 amide bonds. The maximum atomic E-state index is 13.8. The number of halogens is 1. The first-order valence-corrected chi connectivity index (χ1v) is 8.17. The van der Waals surface area contributed by atoms with Crippen LogP contribution in [0.15, 0.2) is 53.9 Å². The van der Waals surface area contributed by atoms with Crippen LogP contribution >= 0.6 is 11.3 Å². The first kappa shape index (κ1) is 14.7. The number of thiazole rings is 1. The van der Waals surface area contributed by atoms with Crippen LogP contribution < -0.4 is 0 Å². The minimum Gasteiger partial charge on any atom is -0.269 e. The third-order valence-corrected chi connectivity index (χ3v) is 4.71. The molecular weight excluding hydrogens is 327 g/mol. The van der Waals surface area contributed by atoms with Gasteiger partial charge < -0.3 is 0 Å². The lowest BCUT2D eigenvalue weighted by Crippen LogP contribution is -2.29. The average molecular weight is 338 g/mol. The minimum atomic E-state index is -0.352. The molecule has 1 aliphatic rings. The van der Waals surface area contributed by atoms with Gasteiger partial charge >= 0.3 is 0 Å². The molecule has 0 bridgehead atoms. The second kappa shape index (κ2) is 5.65. The molecule has 4 rings (SSSR count). The molecule has 0 radical (unpaired) electrons. The molecule has 0 atom stereocenters. The standard InChI is InChI=1S/C18H11FN2O2S/c19-14-8-4-3-7-13(14)15-10-24-16(20-15)9-21-17(22)11-5-1-2-6-12(11)18(21)23/h1-8,10H,9H2. The van der Waals surface area contributed by atoms with Crippen LogP contribution in [0.3, 0.4) is 0 Å². The fourth-order valence-corrected chi connectivity index (χ4v) is 3.48. The number of hydrogen-bond donors (Lipinski definition) is 0. The van der Waals surface area contributed by atoms with Crippen molar-refractivity contribution in [3.8, 4) is 11.3 Å². The summed E-state index contributed by atoms with van der Waals surface area (Å²) >= 11 is 1.30. The van der Waals surface area contributed by atoms with E-state index in [1.54, 1.807) is 47.8 Å². The van der Waals surface area contributed by atoms with Crippen molar-refractivity contribution in [1.29, 1.82) is 0 Å². The monoisotopic (exact) mass is 338 g/mol. The lowest BCUT2D eigenvalue weighted by atomic mass is 10.1. The summed E-state index contributed by atoms with van der Waals surface area (Å²) in [6, 6.07) is 13.1. The Hall–Kier alpha value is -2.86. The zero-order chi connectivity index (χ0) is 16.7. The van der Waals surface area contributed by atoms with Crippen molar-refractivity contribution in [2.75, 3.05) is 0 Å². The van der Waals surface area contributed by atoms with Crippen LogP contribution in [-0.4, -0.2) is 21.7 Å². The van der Waals surface area contributed by atoms with Gasteiger partial charge in [-0.1, -0.05) is 24.3 Å². The highest BCUT2D eigenvalue weighted by atomic mass is 32.1. The van der Waals surface area contributed by atoms with E-state index in [4.69, 9.17) is 0 Å². The smallest absolute Gasteiger partial charge is 0.261 e. The molecule has 0 saturated carbocycles. The Bertz CT molecular complexity index is 932. The molecule has 3 aromatic rings. The maximum absolute atomic E-state index is 13.8. The first-order chi connectivity index (χ1) is 11.6. The largest absolute Gasteiger partial charge is 0.269 e. The summed E-state index contributed by atoms with van der Waals surface area (Å²) in [7, 11) is 0. The topological polar surface area (TPSA) is 50.3 Å². The van der Waals surface area contributed by atoms with Gasteiger partial charge in [-0.15, -0.1) is 11.3 Å². The number of benzene rings is 2. The highest BCUT2D eigenvalue weighted by molar-refractivity contribution is 7.09. The van der Waals surface area contributed by atoms with Gasteiger partial charge in [-0.3, -0.25) is 14.5 Å². The summed E-state index contributed by atoms with van der Waals surface area (Å²) in [5.41, 5.74) is 1.73. The van der Waals surface area contributed by atoms with Crippen molar-refractivity contribution >= 4 is 23.2 Å². The Balaban J connectivity index is 1.61.